The number of pyridine rings is 1. The molecule has 1 aromatic carbocycles. The molecule has 9 heteroatoms. The first kappa shape index (κ1) is 23.7. The summed E-state index contributed by atoms with van der Waals surface area (Å²) in [5, 5.41) is 0.562. The van der Waals surface area contributed by atoms with Crippen LogP contribution in [0, 0.1) is 5.82 Å². The summed E-state index contributed by atoms with van der Waals surface area (Å²) in [6.07, 6.45) is 6.39. The van der Waals surface area contributed by atoms with Gasteiger partial charge < -0.3 is 4.90 Å². The minimum absolute atomic E-state index is 0.0374. The lowest BCUT2D eigenvalue weighted by Crippen LogP contribution is -2.38. The van der Waals surface area contributed by atoms with Crippen LogP contribution in [0.2, 0.25) is 0 Å². The zero-order chi connectivity index (χ0) is 22.4. The second kappa shape index (κ2) is 10.6. The molecule has 1 aliphatic carbocycles. The summed E-state index contributed by atoms with van der Waals surface area (Å²) in [6.45, 7) is 0.185. The molecule has 0 bridgehead atoms. The van der Waals surface area contributed by atoms with Crippen LogP contribution in [0.1, 0.15) is 37.7 Å². The van der Waals surface area contributed by atoms with E-state index in [4.69, 9.17) is 0 Å². The van der Waals surface area contributed by atoms with Crippen molar-refractivity contribution < 1.29 is 17.6 Å². The number of hydrogen-bond acceptors (Lipinski definition) is 5. The van der Waals surface area contributed by atoms with Crippen molar-refractivity contribution in [2.75, 3.05) is 19.8 Å². The first-order chi connectivity index (χ1) is 14.8. The molecule has 0 spiro atoms. The lowest BCUT2D eigenvalue weighted by molar-refractivity contribution is -0.127. The van der Waals surface area contributed by atoms with E-state index in [-0.39, 0.29) is 35.0 Å². The Morgan fingerprint density at radius 1 is 1.13 bits per heavy atom. The molecule has 31 heavy (non-hydrogen) atoms. The van der Waals surface area contributed by atoms with E-state index in [1.54, 1.807) is 38.4 Å². The fraction of sp³-hybridized carbons (Fsp3) is 0.455. The van der Waals surface area contributed by atoms with Crippen molar-refractivity contribution in [2.24, 2.45) is 0 Å². The minimum Gasteiger partial charge on any atom is -0.341 e. The number of aromatic nitrogens is 1. The van der Waals surface area contributed by atoms with Crippen LogP contribution < -0.4 is 0 Å². The fourth-order valence-electron chi connectivity index (χ4n) is 3.63. The summed E-state index contributed by atoms with van der Waals surface area (Å²) in [6, 6.07) is 9.56. The van der Waals surface area contributed by atoms with E-state index < -0.39 is 10.0 Å². The average Bonchev–Trinajstić information content (AvgIpc) is 2.79. The molecule has 1 heterocycles. The van der Waals surface area contributed by atoms with Gasteiger partial charge in [-0.25, -0.2) is 17.8 Å². The zero-order valence-electron chi connectivity index (χ0n) is 17.8. The highest BCUT2D eigenvalue weighted by molar-refractivity contribution is 7.99. The van der Waals surface area contributed by atoms with Crippen LogP contribution in [-0.4, -0.2) is 54.4 Å². The second-order valence-electron chi connectivity index (χ2n) is 7.78. The van der Waals surface area contributed by atoms with Gasteiger partial charge in [-0.15, -0.1) is 0 Å². The van der Waals surface area contributed by atoms with E-state index in [2.05, 4.69) is 4.98 Å². The summed E-state index contributed by atoms with van der Waals surface area (Å²) in [4.78, 5) is 18.2. The maximum atomic E-state index is 13.8. The van der Waals surface area contributed by atoms with Gasteiger partial charge >= 0.3 is 0 Å². The van der Waals surface area contributed by atoms with E-state index in [0.29, 0.717) is 10.6 Å². The summed E-state index contributed by atoms with van der Waals surface area (Å²) in [5.74, 6) is -0.373. The molecule has 0 N–H and O–H groups in total. The number of hydrogen-bond donors (Lipinski definition) is 0. The molecule has 0 unspecified atom stereocenters. The summed E-state index contributed by atoms with van der Waals surface area (Å²) < 4.78 is 41.0. The summed E-state index contributed by atoms with van der Waals surface area (Å²) in [5.41, 5.74) is 0.457. The fourth-order valence-corrected chi connectivity index (χ4v) is 5.77. The molecular weight excluding hydrogens is 437 g/mol. The van der Waals surface area contributed by atoms with Gasteiger partial charge in [0.05, 0.1) is 10.8 Å². The van der Waals surface area contributed by atoms with Gasteiger partial charge in [0.25, 0.3) is 0 Å². The van der Waals surface area contributed by atoms with Gasteiger partial charge in [-0.3, -0.25) is 4.79 Å². The van der Waals surface area contributed by atoms with Crippen LogP contribution in [0.4, 0.5) is 4.39 Å². The normalized spacial score (nSPS) is 15.2. The highest BCUT2D eigenvalue weighted by Crippen LogP contribution is 2.27. The van der Waals surface area contributed by atoms with E-state index in [1.165, 1.54) is 39.3 Å². The number of benzene rings is 1. The van der Waals surface area contributed by atoms with Crippen molar-refractivity contribution in [3.63, 3.8) is 0 Å². The second-order valence-corrected chi connectivity index (χ2v) is 10.8. The predicted molar refractivity (Wildman–Crippen MR) is 120 cm³/mol. The minimum atomic E-state index is -3.59. The molecule has 1 saturated carbocycles. The Labute approximate surface area is 187 Å². The molecule has 1 aromatic heterocycles. The number of amides is 1. The lowest BCUT2D eigenvalue weighted by Gasteiger charge is -2.30. The van der Waals surface area contributed by atoms with Crippen LogP contribution in [-0.2, 0) is 21.4 Å². The first-order valence-electron chi connectivity index (χ1n) is 10.3. The van der Waals surface area contributed by atoms with Crippen LogP contribution in [0.15, 0.2) is 52.5 Å². The van der Waals surface area contributed by atoms with E-state index >= 15 is 0 Å². The topological polar surface area (TPSA) is 70.6 Å². The van der Waals surface area contributed by atoms with Crippen molar-refractivity contribution in [2.45, 2.75) is 54.6 Å². The van der Waals surface area contributed by atoms with E-state index in [1.807, 2.05) is 0 Å². The third-order valence-corrected chi connectivity index (χ3v) is 8.43. The Bertz CT molecular complexity index is 993. The largest absolute Gasteiger partial charge is 0.341 e. The average molecular weight is 466 g/mol. The number of rotatable bonds is 8. The van der Waals surface area contributed by atoms with Gasteiger partial charge in [0.1, 0.15) is 10.7 Å². The Hall–Kier alpha value is -1.97. The molecule has 1 amide bonds. The van der Waals surface area contributed by atoms with Crippen LogP contribution in [0.25, 0.3) is 0 Å². The maximum Gasteiger partial charge on any atom is 0.244 e. The molecule has 2 aromatic rings. The van der Waals surface area contributed by atoms with Gasteiger partial charge in [0.2, 0.25) is 15.9 Å². The molecule has 0 radical (unpaired) electrons. The molecule has 0 aliphatic heterocycles. The third-order valence-electron chi connectivity index (χ3n) is 5.61. The molecular formula is C22H28FN3O3S2. The predicted octanol–water partition coefficient (Wildman–Crippen LogP) is 3.92. The SMILES string of the molecule is CN(Cc1ccccc1F)C(=O)CSc1ccc(S(=O)(=O)N(C)C2CCCCC2)cn1. The number of nitrogens with zero attached hydrogens (tertiary/aromatic N) is 3. The van der Waals surface area contributed by atoms with Gasteiger partial charge in [0.15, 0.2) is 0 Å². The first-order valence-corrected chi connectivity index (χ1v) is 12.8. The molecule has 1 fully saturated rings. The Kier molecular flexibility index (Phi) is 8.07. The molecule has 1 aliphatic rings. The Morgan fingerprint density at radius 2 is 1.84 bits per heavy atom. The van der Waals surface area contributed by atoms with Gasteiger partial charge in [-0.2, -0.15) is 4.31 Å². The van der Waals surface area contributed by atoms with Gasteiger partial charge in [0, 0.05) is 38.4 Å². The van der Waals surface area contributed by atoms with E-state index in [9.17, 15) is 17.6 Å². The Morgan fingerprint density at radius 3 is 2.48 bits per heavy atom. The smallest absolute Gasteiger partial charge is 0.244 e. The molecule has 0 saturated heterocycles. The molecule has 3 rings (SSSR count). The molecule has 168 valence electrons. The third kappa shape index (κ3) is 6.05. The van der Waals surface area contributed by atoms with Crippen molar-refractivity contribution >= 4 is 27.7 Å². The number of thioether (sulfide) groups is 1. The Balaban J connectivity index is 1.56. The standard InChI is InChI=1S/C22H28FN3O3S2/c1-25(15-17-8-6-7-11-20(17)23)22(27)16-30-21-13-12-19(14-24-21)31(28,29)26(2)18-9-4-3-5-10-18/h6-8,11-14,18H,3-5,9-10,15-16H2,1-2H3. The number of halogens is 1. The monoisotopic (exact) mass is 465 g/mol. The van der Waals surface area contributed by atoms with Crippen LogP contribution in [0.5, 0.6) is 0 Å². The number of sulfonamides is 1. The molecule has 6 nitrogen and oxygen atoms in total. The summed E-state index contributed by atoms with van der Waals surface area (Å²) >= 11 is 1.22. The van der Waals surface area contributed by atoms with E-state index in [0.717, 1.165) is 32.1 Å². The van der Waals surface area contributed by atoms with Crippen LogP contribution in [0.3, 0.4) is 0 Å². The number of carbonyl (C=O) groups excluding carboxylic acids is 1. The van der Waals surface area contributed by atoms with Crippen molar-refractivity contribution in [3.05, 3.63) is 54.0 Å². The molecule has 0 atom stereocenters. The quantitative estimate of drug-likeness (QED) is 0.553. The van der Waals surface area contributed by atoms with Gasteiger partial charge in [-0.05, 0) is 31.0 Å². The van der Waals surface area contributed by atoms with Gasteiger partial charge in [-0.1, -0.05) is 49.2 Å². The number of carbonyl (C=O) groups is 1. The van der Waals surface area contributed by atoms with Crippen molar-refractivity contribution in [1.82, 2.24) is 14.2 Å². The highest BCUT2D eigenvalue weighted by Gasteiger charge is 2.29. The lowest BCUT2D eigenvalue weighted by atomic mass is 9.96. The summed E-state index contributed by atoms with van der Waals surface area (Å²) in [7, 11) is -0.326. The van der Waals surface area contributed by atoms with Crippen LogP contribution >= 0.6 is 11.8 Å². The highest BCUT2D eigenvalue weighted by atomic mass is 32.2. The maximum absolute atomic E-state index is 13.8. The van der Waals surface area contributed by atoms with Crippen molar-refractivity contribution in [1.29, 1.82) is 0 Å². The van der Waals surface area contributed by atoms with Crippen molar-refractivity contribution in [3.8, 4) is 0 Å². The zero-order valence-corrected chi connectivity index (χ0v) is 19.5.